The molecule has 132 valence electrons. The minimum Gasteiger partial charge on any atom is -0.475 e. The normalized spacial score (nSPS) is 13.3. The minimum absolute atomic E-state index is 0.0958. The second-order valence-corrected chi connectivity index (χ2v) is 5.69. The van der Waals surface area contributed by atoms with Crippen LogP contribution in [0.4, 0.5) is 24.5 Å². The quantitative estimate of drug-likeness (QED) is 0.756. The predicted molar refractivity (Wildman–Crippen MR) is 85.6 cm³/mol. The number of carboxylic acids is 1. The van der Waals surface area contributed by atoms with E-state index in [1.165, 1.54) is 10.7 Å². The molecule has 0 saturated heterocycles. The molecule has 6 nitrogen and oxygen atoms in total. The van der Waals surface area contributed by atoms with E-state index in [9.17, 15) is 18.0 Å². The minimum atomic E-state index is -4.46. The van der Waals surface area contributed by atoms with E-state index in [2.05, 4.69) is 10.1 Å². The fourth-order valence-corrected chi connectivity index (χ4v) is 2.91. The lowest BCUT2D eigenvalue weighted by Crippen LogP contribution is -2.26. The molecule has 0 radical (unpaired) electrons. The number of fused-ring (bicyclic) bond motifs is 3. The zero-order valence-electron chi connectivity index (χ0n) is 13.1. The summed E-state index contributed by atoms with van der Waals surface area (Å²) in [5.41, 5.74) is 0.733. The van der Waals surface area contributed by atoms with Gasteiger partial charge in [-0.25, -0.2) is 14.5 Å². The van der Waals surface area contributed by atoms with Gasteiger partial charge in [0.2, 0.25) is 0 Å². The Morgan fingerprint density at radius 3 is 2.50 bits per heavy atom. The standard InChI is InChI=1S/C17H11F3N4O2/c18-17(19,20)10-4-3-5-11(8-10)23-9-14-21-15(16(25)26)22-24(14)13-7-2-1-6-12(13)23/h1-8H,9H2,(H,25,26). The number of hydrogen-bond donors (Lipinski definition) is 1. The molecule has 2 aromatic carbocycles. The van der Waals surface area contributed by atoms with Gasteiger partial charge in [0.05, 0.1) is 23.5 Å². The van der Waals surface area contributed by atoms with Crippen LogP contribution in [0.15, 0.2) is 48.5 Å². The molecule has 2 heterocycles. The summed E-state index contributed by atoms with van der Waals surface area (Å²) >= 11 is 0. The Bertz CT molecular complexity index is 1010. The van der Waals surface area contributed by atoms with Crippen LogP contribution in [0.3, 0.4) is 0 Å². The van der Waals surface area contributed by atoms with E-state index in [1.54, 1.807) is 35.2 Å². The summed E-state index contributed by atoms with van der Waals surface area (Å²) in [6, 6.07) is 11.9. The largest absolute Gasteiger partial charge is 0.475 e. The van der Waals surface area contributed by atoms with Crippen molar-refractivity contribution in [2.24, 2.45) is 0 Å². The molecule has 0 spiro atoms. The highest BCUT2D eigenvalue weighted by molar-refractivity contribution is 5.83. The van der Waals surface area contributed by atoms with Gasteiger partial charge in [0.1, 0.15) is 0 Å². The van der Waals surface area contributed by atoms with Gasteiger partial charge in [0.25, 0.3) is 5.82 Å². The van der Waals surface area contributed by atoms with E-state index in [4.69, 9.17) is 5.11 Å². The van der Waals surface area contributed by atoms with E-state index >= 15 is 0 Å². The first kappa shape index (κ1) is 16.1. The molecule has 1 N–H and O–H groups in total. The van der Waals surface area contributed by atoms with Gasteiger partial charge >= 0.3 is 12.1 Å². The fraction of sp³-hybridized carbons (Fsp3) is 0.118. The van der Waals surface area contributed by atoms with Gasteiger partial charge in [-0.2, -0.15) is 13.2 Å². The van der Waals surface area contributed by atoms with Crippen LogP contribution < -0.4 is 4.90 Å². The number of halogens is 3. The van der Waals surface area contributed by atoms with Crippen molar-refractivity contribution in [3.05, 3.63) is 65.7 Å². The maximum absolute atomic E-state index is 13.1. The van der Waals surface area contributed by atoms with Crippen molar-refractivity contribution in [1.82, 2.24) is 14.8 Å². The molecule has 0 saturated carbocycles. The second kappa shape index (κ2) is 5.58. The lowest BCUT2D eigenvalue weighted by Gasteiger charge is -2.31. The number of alkyl halides is 3. The summed E-state index contributed by atoms with van der Waals surface area (Å²) in [5.74, 6) is -1.30. The van der Waals surface area contributed by atoms with Crippen LogP contribution in [0.2, 0.25) is 0 Å². The molecule has 1 aromatic heterocycles. The Hall–Kier alpha value is -3.36. The van der Waals surface area contributed by atoms with Gasteiger partial charge in [0, 0.05) is 5.69 Å². The number of benzene rings is 2. The van der Waals surface area contributed by atoms with Crippen molar-refractivity contribution in [2.75, 3.05) is 4.90 Å². The number of carboxylic acid groups (broad SMARTS) is 1. The van der Waals surface area contributed by atoms with Crippen molar-refractivity contribution >= 4 is 17.3 Å². The molecular weight excluding hydrogens is 349 g/mol. The predicted octanol–water partition coefficient (Wildman–Crippen LogP) is 3.64. The molecule has 0 fully saturated rings. The molecule has 4 rings (SSSR count). The van der Waals surface area contributed by atoms with E-state index in [0.29, 0.717) is 22.9 Å². The average Bonchev–Trinajstić information content (AvgIpc) is 3.05. The number of carbonyl (C=O) groups is 1. The Morgan fingerprint density at radius 2 is 1.81 bits per heavy atom. The SMILES string of the molecule is O=C(O)c1nc2n(n1)-c1ccccc1N(c1cccc(C(F)(F)F)c1)C2. The number of aromatic carboxylic acids is 1. The zero-order chi connectivity index (χ0) is 18.5. The highest BCUT2D eigenvalue weighted by atomic mass is 19.4. The maximum atomic E-state index is 13.1. The van der Waals surface area contributed by atoms with Crippen LogP contribution in [0, 0.1) is 0 Å². The highest BCUT2D eigenvalue weighted by Crippen LogP contribution is 2.38. The third-order valence-corrected chi connectivity index (χ3v) is 4.05. The summed E-state index contributed by atoms with van der Waals surface area (Å²) in [6.45, 7) is 0.0958. The summed E-state index contributed by atoms with van der Waals surface area (Å²) in [7, 11) is 0. The van der Waals surface area contributed by atoms with Gasteiger partial charge in [0.15, 0.2) is 5.82 Å². The van der Waals surface area contributed by atoms with Crippen LogP contribution in [0.5, 0.6) is 0 Å². The lowest BCUT2D eigenvalue weighted by molar-refractivity contribution is -0.137. The molecule has 1 aliphatic heterocycles. The molecule has 0 aliphatic carbocycles. The zero-order valence-corrected chi connectivity index (χ0v) is 13.1. The topological polar surface area (TPSA) is 71.2 Å². The number of para-hydroxylation sites is 2. The van der Waals surface area contributed by atoms with Crippen LogP contribution in [-0.4, -0.2) is 25.8 Å². The summed E-state index contributed by atoms with van der Waals surface area (Å²) in [5, 5.41) is 13.1. The Morgan fingerprint density at radius 1 is 1.08 bits per heavy atom. The van der Waals surface area contributed by atoms with Crippen molar-refractivity contribution in [2.45, 2.75) is 12.7 Å². The fourth-order valence-electron chi connectivity index (χ4n) is 2.91. The van der Waals surface area contributed by atoms with E-state index < -0.39 is 17.7 Å². The molecule has 3 aromatic rings. The van der Waals surface area contributed by atoms with Gasteiger partial charge in [-0.15, -0.1) is 5.10 Å². The van der Waals surface area contributed by atoms with Crippen molar-refractivity contribution in [1.29, 1.82) is 0 Å². The van der Waals surface area contributed by atoms with Gasteiger partial charge in [-0.1, -0.05) is 18.2 Å². The van der Waals surface area contributed by atoms with Crippen LogP contribution in [0.1, 0.15) is 22.0 Å². The molecule has 9 heteroatoms. The van der Waals surface area contributed by atoms with Crippen molar-refractivity contribution in [3.63, 3.8) is 0 Å². The molecular formula is C17H11F3N4O2. The third kappa shape index (κ3) is 2.57. The average molecular weight is 360 g/mol. The molecule has 0 unspecified atom stereocenters. The Balaban J connectivity index is 1.85. The third-order valence-electron chi connectivity index (χ3n) is 4.05. The summed E-state index contributed by atoms with van der Waals surface area (Å²) in [6.07, 6.45) is -4.46. The molecule has 1 aliphatic rings. The first-order valence-corrected chi connectivity index (χ1v) is 7.58. The monoisotopic (exact) mass is 360 g/mol. The number of rotatable bonds is 2. The molecule has 0 bridgehead atoms. The van der Waals surface area contributed by atoms with Gasteiger partial charge in [-0.3, -0.25) is 0 Å². The number of anilines is 2. The number of aromatic nitrogens is 3. The summed E-state index contributed by atoms with van der Waals surface area (Å²) < 4.78 is 40.6. The van der Waals surface area contributed by atoms with E-state index in [1.807, 2.05) is 0 Å². The Labute approximate surface area is 145 Å². The smallest absolute Gasteiger partial charge is 0.416 e. The van der Waals surface area contributed by atoms with Gasteiger partial charge in [-0.05, 0) is 30.3 Å². The van der Waals surface area contributed by atoms with E-state index in [-0.39, 0.29) is 12.4 Å². The van der Waals surface area contributed by atoms with Crippen LogP contribution in [0.25, 0.3) is 5.69 Å². The van der Waals surface area contributed by atoms with E-state index in [0.717, 1.165) is 12.1 Å². The van der Waals surface area contributed by atoms with Crippen molar-refractivity contribution < 1.29 is 23.1 Å². The Kier molecular flexibility index (Phi) is 3.46. The maximum Gasteiger partial charge on any atom is 0.416 e. The van der Waals surface area contributed by atoms with Gasteiger partial charge < -0.3 is 10.0 Å². The summed E-state index contributed by atoms with van der Waals surface area (Å²) in [4.78, 5) is 16.8. The molecule has 26 heavy (non-hydrogen) atoms. The number of nitrogens with zero attached hydrogens (tertiary/aromatic N) is 4. The molecule has 0 atom stereocenters. The highest BCUT2D eigenvalue weighted by Gasteiger charge is 2.32. The molecule has 0 amide bonds. The second-order valence-electron chi connectivity index (χ2n) is 5.69. The van der Waals surface area contributed by atoms with Crippen LogP contribution >= 0.6 is 0 Å². The van der Waals surface area contributed by atoms with Crippen molar-refractivity contribution in [3.8, 4) is 5.69 Å². The number of hydrogen-bond acceptors (Lipinski definition) is 4. The first-order valence-electron chi connectivity index (χ1n) is 7.58. The van der Waals surface area contributed by atoms with Crippen LogP contribution in [-0.2, 0) is 12.7 Å². The first-order chi connectivity index (χ1) is 12.3. The lowest BCUT2D eigenvalue weighted by atomic mass is 10.1.